The number of fused-ring (bicyclic) bond motifs is 2. The van der Waals surface area contributed by atoms with Gasteiger partial charge in [0.05, 0.1) is 16.6 Å². The summed E-state index contributed by atoms with van der Waals surface area (Å²) in [5.74, 6) is -0.751. The molecule has 7 heteroatoms. The third-order valence-corrected chi connectivity index (χ3v) is 5.66. The average molecular weight is 434 g/mol. The van der Waals surface area contributed by atoms with Crippen LogP contribution < -0.4 is 4.90 Å². The molecule has 3 aromatic carbocycles. The van der Waals surface area contributed by atoms with Crippen LogP contribution in [0.2, 0.25) is 5.02 Å². The Morgan fingerprint density at radius 3 is 2.58 bits per heavy atom. The van der Waals surface area contributed by atoms with Gasteiger partial charge in [-0.05, 0) is 79.1 Å². The minimum Gasteiger partial charge on any atom is -0.478 e. The predicted octanol–water partition coefficient (Wildman–Crippen LogP) is 5.87. The van der Waals surface area contributed by atoms with Crippen molar-refractivity contribution in [3.63, 3.8) is 0 Å². The Kier molecular flexibility index (Phi) is 4.79. The monoisotopic (exact) mass is 433 g/mol. The predicted molar refractivity (Wildman–Crippen MR) is 119 cm³/mol. The van der Waals surface area contributed by atoms with E-state index in [1.54, 1.807) is 18.2 Å². The molecule has 0 fully saturated rings. The van der Waals surface area contributed by atoms with Gasteiger partial charge in [-0.25, -0.2) is 19.2 Å². The number of carboxylic acid groups (broad SMARTS) is 1. The molecule has 0 amide bonds. The minimum absolute atomic E-state index is 0.146. The minimum atomic E-state index is -1.02. The fraction of sp³-hybridized carbons (Fsp3) is 0.125. The van der Waals surface area contributed by atoms with Crippen molar-refractivity contribution in [3.8, 4) is 11.3 Å². The Morgan fingerprint density at radius 2 is 1.81 bits per heavy atom. The summed E-state index contributed by atoms with van der Waals surface area (Å²) in [6, 6.07) is 16.6. The van der Waals surface area contributed by atoms with Crippen LogP contribution in [0.4, 0.5) is 15.9 Å². The van der Waals surface area contributed by atoms with Crippen molar-refractivity contribution in [2.75, 3.05) is 11.4 Å². The highest BCUT2D eigenvalue weighted by Gasteiger charge is 2.24. The Labute approximate surface area is 182 Å². The molecule has 1 aliphatic heterocycles. The highest BCUT2D eigenvalue weighted by Crippen LogP contribution is 2.39. The molecule has 1 aromatic heterocycles. The molecule has 5 nitrogen and oxygen atoms in total. The number of benzene rings is 3. The number of halogens is 2. The summed E-state index contributed by atoms with van der Waals surface area (Å²) >= 11 is 6.20. The average Bonchev–Trinajstić information content (AvgIpc) is 2.77. The molecule has 0 atom stereocenters. The standard InChI is InChI=1S/C24H17ClFN3O2/c25-17-6-10-21-15(12-17)2-1-11-29(21)23-22(14-3-7-18(26)8-4-14)27-19-9-5-16(24(30)31)13-20(19)28-23/h3-10,12-13H,1-2,11H2,(H,30,31). The molecule has 2 heterocycles. The molecule has 0 unspecified atom stereocenters. The highest BCUT2D eigenvalue weighted by molar-refractivity contribution is 6.30. The Balaban J connectivity index is 1.76. The van der Waals surface area contributed by atoms with Gasteiger partial charge in [-0.3, -0.25) is 0 Å². The zero-order valence-corrected chi connectivity index (χ0v) is 17.1. The smallest absolute Gasteiger partial charge is 0.335 e. The van der Waals surface area contributed by atoms with E-state index in [1.807, 2.05) is 18.2 Å². The number of aromatic carboxylic acids is 1. The first-order valence-corrected chi connectivity index (χ1v) is 10.2. The third-order valence-electron chi connectivity index (χ3n) is 5.43. The molecule has 0 aliphatic carbocycles. The fourth-order valence-electron chi connectivity index (χ4n) is 3.95. The summed E-state index contributed by atoms with van der Waals surface area (Å²) in [6.07, 6.45) is 1.81. The van der Waals surface area contributed by atoms with E-state index in [4.69, 9.17) is 21.6 Å². The summed E-state index contributed by atoms with van der Waals surface area (Å²) in [5.41, 5.74) is 4.65. The van der Waals surface area contributed by atoms with Crippen LogP contribution in [0.5, 0.6) is 0 Å². The van der Waals surface area contributed by atoms with Gasteiger partial charge in [0.25, 0.3) is 0 Å². The second-order valence-corrected chi connectivity index (χ2v) is 7.88. The first-order valence-electron chi connectivity index (χ1n) is 9.86. The topological polar surface area (TPSA) is 66.3 Å². The first kappa shape index (κ1) is 19.5. The van der Waals surface area contributed by atoms with Crippen molar-refractivity contribution in [1.29, 1.82) is 0 Å². The number of nitrogens with zero attached hydrogens (tertiary/aromatic N) is 3. The largest absolute Gasteiger partial charge is 0.478 e. The van der Waals surface area contributed by atoms with Crippen molar-refractivity contribution < 1.29 is 14.3 Å². The lowest BCUT2D eigenvalue weighted by Gasteiger charge is -2.31. The van der Waals surface area contributed by atoms with Gasteiger partial charge in [0.1, 0.15) is 11.5 Å². The number of anilines is 2. The molecule has 4 aromatic rings. The first-order chi connectivity index (χ1) is 15.0. The molecule has 1 N–H and O–H groups in total. The van der Waals surface area contributed by atoms with Crippen molar-refractivity contribution in [2.45, 2.75) is 12.8 Å². The maximum absolute atomic E-state index is 13.6. The van der Waals surface area contributed by atoms with Gasteiger partial charge < -0.3 is 10.0 Å². The fourth-order valence-corrected chi connectivity index (χ4v) is 4.15. The number of aryl methyl sites for hydroxylation is 1. The third kappa shape index (κ3) is 3.59. The SMILES string of the molecule is O=C(O)c1ccc2nc(-c3ccc(F)cc3)c(N3CCCc4cc(Cl)ccc43)nc2c1. The van der Waals surface area contributed by atoms with Gasteiger partial charge in [-0.2, -0.15) is 0 Å². The molecule has 0 bridgehead atoms. The van der Waals surface area contributed by atoms with Gasteiger partial charge in [0, 0.05) is 22.8 Å². The Morgan fingerprint density at radius 1 is 1.00 bits per heavy atom. The van der Waals surface area contributed by atoms with Crippen LogP contribution >= 0.6 is 11.6 Å². The molecular weight excluding hydrogens is 417 g/mol. The van der Waals surface area contributed by atoms with Crippen LogP contribution in [-0.2, 0) is 6.42 Å². The van der Waals surface area contributed by atoms with Gasteiger partial charge in [0.15, 0.2) is 5.82 Å². The van der Waals surface area contributed by atoms with Crippen LogP contribution in [0.1, 0.15) is 22.3 Å². The number of carbonyl (C=O) groups is 1. The van der Waals surface area contributed by atoms with Crippen molar-refractivity contribution >= 4 is 40.1 Å². The van der Waals surface area contributed by atoms with Crippen molar-refractivity contribution in [3.05, 3.63) is 82.6 Å². The molecular formula is C24H17ClFN3O2. The maximum Gasteiger partial charge on any atom is 0.335 e. The van der Waals surface area contributed by atoms with Gasteiger partial charge in [-0.1, -0.05) is 11.6 Å². The number of carboxylic acids is 1. The van der Waals surface area contributed by atoms with Gasteiger partial charge in [-0.15, -0.1) is 0 Å². The van der Waals surface area contributed by atoms with Crippen LogP contribution in [0.25, 0.3) is 22.3 Å². The van der Waals surface area contributed by atoms with E-state index in [0.717, 1.165) is 36.2 Å². The Bertz CT molecular complexity index is 1320. The van der Waals surface area contributed by atoms with E-state index >= 15 is 0 Å². The molecule has 154 valence electrons. The molecule has 31 heavy (non-hydrogen) atoms. The molecule has 0 saturated carbocycles. The second-order valence-electron chi connectivity index (χ2n) is 7.44. The maximum atomic E-state index is 13.6. The zero-order valence-electron chi connectivity index (χ0n) is 16.3. The molecule has 0 radical (unpaired) electrons. The zero-order chi connectivity index (χ0) is 21.5. The summed E-state index contributed by atoms with van der Waals surface area (Å²) < 4.78 is 13.6. The molecule has 5 rings (SSSR count). The summed E-state index contributed by atoms with van der Waals surface area (Å²) in [4.78, 5) is 23.1. The van der Waals surface area contributed by atoms with E-state index in [1.165, 1.54) is 24.3 Å². The lowest BCUT2D eigenvalue weighted by atomic mass is 10.0. The highest BCUT2D eigenvalue weighted by atomic mass is 35.5. The number of rotatable bonds is 3. The van der Waals surface area contributed by atoms with E-state index in [9.17, 15) is 14.3 Å². The van der Waals surface area contributed by atoms with E-state index in [-0.39, 0.29) is 11.4 Å². The van der Waals surface area contributed by atoms with Crippen molar-refractivity contribution in [1.82, 2.24) is 9.97 Å². The summed E-state index contributed by atoms with van der Waals surface area (Å²) in [7, 11) is 0. The van der Waals surface area contributed by atoms with Crippen molar-refractivity contribution in [2.24, 2.45) is 0 Å². The van der Waals surface area contributed by atoms with Crippen LogP contribution in [0, 0.1) is 5.82 Å². The van der Waals surface area contributed by atoms with Crippen LogP contribution in [-0.4, -0.2) is 27.6 Å². The van der Waals surface area contributed by atoms with E-state index < -0.39 is 5.97 Å². The lowest BCUT2D eigenvalue weighted by molar-refractivity contribution is 0.0697. The number of hydrogen-bond acceptors (Lipinski definition) is 4. The van der Waals surface area contributed by atoms with Gasteiger partial charge in [0.2, 0.25) is 0 Å². The molecule has 1 aliphatic rings. The van der Waals surface area contributed by atoms with E-state index in [2.05, 4.69) is 4.90 Å². The quantitative estimate of drug-likeness (QED) is 0.437. The normalized spacial score (nSPS) is 13.3. The summed E-state index contributed by atoms with van der Waals surface area (Å²) in [6.45, 7) is 0.724. The number of aromatic nitrogens is 2. The van der Waals surface area contributed by atoms with Gasteiger partial charge >= 0.3 is 5.97 Å². The lowest BCUT2D eigenvalue weighted by Crippen LogP contribution is -2.26. The van der Waals surface area contributed by atoms with Crippen LogP contribution in [0.15, 0.2) is 60.7 Å². The number of hydrogen-bond donors (Lipinski definition) is 1. The molecule has 0 saturated heterocycles. The van der Waals surface area contributed by atoms with E-state index in [0.29, 0.717) is 27.6 Å². The Hall–Kier alpha value is -3.51. The summed E-state index contributed by atoms with van der Waals surface area (Å²) in [5, 5.41) is 10.0. The molecule has 0 spiro atoms. The van der Waals surface area contributed by atoms with Crippen LogP contribution in [0.3, 0.4) is 0 Å². The second kappa shape index (κ2) is 7.63.